The molecule has 3 rings (SSSR count). The molecule has 1 aromatic heterocycles. The molecule has 0 fully saturated rings. The minimum atomic E-state index is -0.638. The summed E-state index contributed by atoms with van der Waals surface area (Å²) in [5, 5.41) is 3.72. The van der Waals surface area contributed by atoms with E-state index in [0.717, 1.165) is 12.0 Å². The van der Waals surface area contributed by atoms with E-state index in [1.54, 1.807) is 20.9 Å². The van der Waals surface area contributed by atoms with Gasteiger partial charge in [0, 0.05) is 7.05 Å². The highest BCUT2D eigenvalue weighted by Crippen LogP contribution is 2.26. The first-order chi connectivity index (χ1) is 13.9. The van der Waals surface area contributed by atoms with Crippen LogP contribution in [0.3, 0.4) is 0 Å². The summed E-state index contributed by atoms with van der Waals surface area (Å²) in [6.45, 7) is 3.98. The van der Waals surface area contributed by atoms with Crippen molar-refractivity contribution in [3.63, 3.8) is 0 Å². The molecule has 0 saturated heterocycles. The smallest absolute Gasteiger partial charge is 0.257 e. The van der Waals surface area contributed by atoms with Gasteiger partial charge >= 0.3 is 0 Å². The van der Waals surface area contributed by atoms with E-state index in [4.69, 9.17) is 15.0 Å². The lowest BCUT2D eigenvalue weighted by molar-refractivity contribution is 0.0711. The topological polar surface area (TPSA) is 94.5 Å². The van der Waals surface area contributed by atoms with Crippen molar-refractivity contribution in [1.82, 2.24) is 15.0 Å². The number of carbonyl (C=O) groups is 1. The van der Waals surface area contributed by atoms with Crippen LogP contribution in [0.1, 0.15) is 40.6 Å². The average molecular weight is 435 g/mol. The van der Waals surface area contributed by atoms with Crippen LogP contribution in [0.5, 0.6) is 11.5 Å². The lowest BCUT2D eigenvalue weighted by Crippen LogP contribution is -2.30. The van der Waals surface area contributed by atoms with E-state index in [0.29, 0.717) is 23.9 Å². The monoisotopic (exact) mass is 434 g/mol. The van der Waals surface area contributed by atoms with Gasteiger partial charge in [0.15, 0.2) is 5.82 Å². The van der Waals surface area contributed by atoms with Gasteiger partial charge in [-0.1, -0.05) is 17.3 Å². The zero-order valence-electron chi connectivity index (χ0n) is 17.0. The summed E-state index contributed by atoms with van der Waals surface area (Å²) in [7, 11) is 1.55. The molecule has 0 saturated carbocycles. The van der Waals surface area contributed by atoms with Gasteiger partial charge in [0.1, 0.15) is 23.4 Å². The van der Waals surface area contributed by atoms with Crippen molar-refractivity contribution in [1.29, 1.82) is 0 Å². The van der Waals surface area contributed by atoms with Gasteiger partial charge in [-0.25, -0.2) is 4.39 Å². The van der Waals surface area contributed by atoms with Crippen LogP contribution >= 0.6 is 12.4 Å². The number of hydrogen-bond acceptors (Lipinski definition) is 6. The third-order valence-corrected chi connectivity index (χ3v) is 4.56. The van der Waals surface area contributed by atoms with Gasteiger partial charge in [-0.3, -0.25) is 4.79 Å². The molecule has 9 heteroatoms. The molecule has 0 aliphatic rings. The molecule has 2 N–H and O–H groups in total. The fourth-order valence-electron chi connectivity index (χ4n) is 2.77. The number of aromatic nitrogens is 2. The van der Waals surface area contributed by atoms with Crippen molar-refractivity contribution in [3.05, 3.63) is 71.1 Å². The SMILES string of the molecule is Cc1noc(C(C)N(C)C(=O)c2cc(Oc3ccc(CCN)cc3)ccc2F)n1.Cl. The Morgan fingerprint density at radius 2 is 1.90 bits per heavy atom. The third kappa shape index (κ3) is 5.34. The fourth-order valence-corrected chi connectivity index (χ4v) is 2.77. The van der Waals surface area contributed by atoms with Crippen molar-refractivity contribution < 1.29 is 18.4 Å². The second-order valence-corrected chi connectivity index (χ2v) is 6.70. The molecule has 3 aromatic rings. The van der Waals surface area contributed by atoms with Gasteiger partial charge in [0.2, 0.25) is 5.89 Å². The van der Waals surface area contributed by atoms with Crippen LogP contribution in [0.2, 0.25) is 0 Å². The van der Waals surface area contributed by atoms with Crippen LogP contribution in [0.15, 0.2) is 47.0 Å². The molecule has 0 aliphatic carbocycles. The number of carbonyl (C=O) groups excluding carboxylic acids is 1. The van der Waals surface area contributed by atoms with Gasteiger partial charge in [0.25, 0.3) is 5.91 Å². The Morgan fingerprint density at radius 3 is 2.50 bits per heavy atom. The molecule has 30 heavy (non-hydrogen) atoms. The summed E-state index contributed by atoms with van der Waals surface area (Å²) in [6.07, 6.45) is 0.777. The number of amides is 1. The Morgan fingerprint density at radius 1 is 1.23 bits per heavy atom. The summed E-state index contributed by atoms with van der Waals surface area (Å²) < 4.78 is 25.2. The maximum absolute atomic E-state index is 14.4. The van der Waals surface area contributed by atoms with E-state index in [1.807, 2.05) is 24.3 Å². The molecule has 0 aliphatic heterocycles. The van der Waals surface area contributed by atoms with Crippen molar-refractivity contribution in [2.45, 2.75) is 26.3 Å². The van der Waals surface area contributed by atoms with Gasteiger partial charge in [-0.2, -0.15) is 4.98 Å². The average Bonchev–Trinajstić information content (AvgIpc) is 3.16. The number of nitrogens with two attached hydrogens (primary N) is 1. The van der Waals surface area contributed by atoms with Crippen LogP contribution in [-0.2, 0) is 6.42 Å². The van der Waals surface area contributed by atoms with Gasteiger partial charge in [-0.15, -0.1) is 12.4 Å². The van der Waals surface area contributed by atoms with E-state index in [1.165, 1.54) is 23.1 Å². The first-order valence-corrected chi connectivity index (χ1v) is 9.23. The number of halogens is 2. The quantitative estimate of drug-likeness (QED) is 0.602. The van der Waals surface area contributed by atoms with Crippen LogP contribution in [-0.4, -0.2) is 34.5 Å². The lowest BCUT2D eigenvalue weighted by atomic mass is 10.1. The van der Waals surface area contributed by atoms with E-state index in [2.05, 4.69) is 10.1 Å². The molecule has 2 aromatic carbocycles. The minimum Gasteiger partial charge on any atom is -0.457 e. The molecule has 1 heterocycles. The second kappa shape index (κ2) is 10.2. The van der Waals surface area contributed by atoms with Crippen molar-refractivity contribution in [2.24, 2.45) is 5.73 Å². The number of ether oxygens (including phenoxy) is 1. The molecule has 0 spiro atoms. The van der Waals surface area contributed by atoms with E-state index < -0.39 is 17.8 Å². The first-order valence-electron chi connectivity index (χ1n) is 9.23. The number of rotatable bonds is 7. The first kappa shape index (κ1) is 23.3. The standard InChI is InChI=1S/C21H23FN4O3.ClH/c1-13(20-24-14(2)25-29-20)26(3)21(27)18-12-17(8-9-19(18)22)28-16-6-4-15(5-7-16)10-11-23;/h4-9,12-13H,10-11,23H2,1-3H3;1H. The Balaban J connectivity index is 0.00000320. The molecule has 1 unspecified atom stereocenters. The van der Waals surface area contributed by atoms with E-state index in [9.17, 15) is 9.18 Å². The molecular formula is C21H24ClFN4O3. The molecule has 1 amide bonds. The predicted octanol–water partition coefficient (Wildman–Crippen LogP) is 4.07. The molecule has 160 valence electrons. The highest BCUT2D eigenvalue weighted by Gasteiger charge is 2.25. The van der Waals surface area contributed by atoms with Crippen molar-refractivity contribution in [3.8, 4) is 11.5 Å². The Hall–Kier alpha value is -2.97. The van der Waals surface area contributed by atoms with E-state index >= 15 is 0 Å². The van der Waals surface area contributed by atoms with Crippen molar-refractivity contribution in [2.75, 3.05) is 13.6 Å². The summed E-state index contributed by atoms with van der Waals surface area (Å²) in [5.74, 6) is 0.529. The molecule has 0 radical (unpaired) electrons. The van der Waals surface area contributed by atoms with Gasteiger partial charge < -0.3 is 19.9 Å². The van der Waals surface area contributed by atoms with Crippen LogP contribution in [0.25, 0.3) is 0 Å². The highest BCUT2D eigenvalue weighted by atomic mass is 35.5. The summed E-state index contributed by atoms with van der Waals surface area (Å²) in [4.78, 5) is 18.3. The molecule has 0 bridgehead atoms. The minimum absolute atomic E-state index is 0. The van der Waals surface area contributed by atoms with Gasteiger partial charge in [-0.05, 0) is 62.7 Å². The zero-order chi connectivity index (χ0) is 21.0. The number of nitrogens with zero attached hydrogens (tertiary/aromatic N) is 3. The Labute approximate surface area is 180 Å². The summed E-state index contributed by atoms with van der Waals surface area (Å²) >= 11 is 0. The predicted molar refractivity (Wildman–Crippen MR) is 112 cm³/mol. The maximum atomic E-state index is 14.4. The summed E-state index contributed by atoms with van der Waals surface area (Å²) in [5.41, 5.74) is 6.54. The van der Waals surface area contributed by atoms with Crippen LogP contribution in [0.4, 0.5) is 4.39 Å². The van der Waals surface area contributed by atoms with Gasteiger partial charge in [0.05, 0.1) is 5.56 Å². The summed E-state index contributed by atoms with van der Waals surface area (Å²) in [6, 6.07) is 11.0. The largest absolute Gasteiger partial charge is 0.457 e. The Bertz CT molecular complexity index is 994. The third-order valence-electron chi connectivity index (χ3n) is 4.56. The second-order valence-electron chi connectivity index (χ2n) is 6.70. The van der Waals surface area contributed by atoms with Crippen LogP contribution in [0, 0.1) is 12.7 Å². The zero-order valence-corrected chi connectivity index (χ0v) is 17.8. The Kier molecular flexibility index (Phi) is 7.91. The molecule has 1 atom stereocenters. The normalized spacial score (nSPS) is 11.5. The molecular weight excluding hydrogens is 411 g/mol. The van der Waals surface area contributed by atoms with E-state index in [-0.39, 0.29) is 23.9 Å². The number of benzene rings is 2. The number of aryl methyl sites for hydroxylation is 1. The number of hydrogen-bond donors (Lipinski definition) is 1. The molecule has 7 nitrogen and oxygen atoms in total. The fraction of sp³-hybridized carbons (Fsp3) is 0.286. The van der Waals surface area contributed by atoms with Crippen molar-refractivity contribution >= 4 is 18.3 Å². The maximum Gasteiger partial charge on any atom is 0.257 e. The highest BCUT2D eigenvalue weighted by molar-refractivity contribution is 5.95. The van der Waals surface area contributed by atoms with Crippen LogP contribution < -0.4 is 10.5 Å². The lowest BCUT2D eigenvalue weighted by Gasteiger charge is -2.22.